The Morgan fingerprint density at radius 3 is 2.19 bits per heavy atom. The second kappa shape index (κ2) is 10.6. The summed E-state index contributed by atoms with van der Waals surface area (Å²) in [5, 5.41) is 25.8. The van der Waals surface area contributed by atoms with Crippen LogP contribution in [0.15, 0.2) is 70.3 Å². The highest BCUT2D eigenvalue weighted by Crippen LogP contribution is 2.40. The number of nitrogens with zero attached hydrogens (tertiary/aromatic N) is 5. The second-order valence-electron chi connectivity index (χ2n) is 8.25. The number of hydrogen-bond acceptors (Lipinski definition) is 8. The first-order valence-electron chi connectivity index (χ1n) is 11.2. The Morgan fingerprint density at radius 1 is 1.08 bits per heavy atom. The summed E-state index contributed by atoms with van der Waals surface area (Å²) >= 11 is 0. The van der Waals surface area contributed by atoms with E-state index in [1.54, 1.807) is 24.3 Å². The maximum atomic E-state index is 13.3. The fourth-order valence-corrected chi connectivity index (χ4v) is 4.40. The molecule has 1 N–H and O–H groups in total. The zero-order valence-corrected chi connectivity index (χ0v) is 20.3. The molecule has 0 fully saturated rings. The Hall–Kier alpha value is -5.22. The molecule has 0 radical (unpaired) electrons. The number of carbonyl (C=O) groups is 1. The van der Waals surface area contributed by atoms with Crippen molar-refractivity contribution in [2.24, 2.45) is 7.05 Å². The van der Waals surface area contributed by atoms with Crippen LogP contribution >= 0.6 is 0 Å². The smallest absolute Gasteiger partial charge is 0.296 e. The number of anilines is 1. The summed E-state index contributed by atoms with van der Waals surface area (Å²) in [5.41, 5.74) is 1.70. The van der Waals surface area contributed by atoms with Crippen molar-refractivity contribution in [2.45, 2.75) is 18.8 Å². The number of carbonyl (C=O) groups excluding carboxylic acids is 1. The molecule has 1 amide bonds. The summed E-state index contributed by atoms with van der Waals surface area (Å²) in [6, 6.07) is 18.6. The topological polar surface area (TPSA) is 147 Å². The quantitative estimate of drug-likeness (QED) is 0.409. The Balaban J connectivity index is 1.93. The van der Waals surface area contributed by atoms with E-state index in [1.165, 1.54) is 31.2 Å². The van der Waals surface area contributed by atoms with Crippen LogP contribution < -0.4 is 15.6 Å². The predicted molar refractivity (Wildman–Crippen MR) is 133 cm³/mol. The number of hydrogen-bond donors (Lipinski definition) is 1. The van der Waals surface area contributed by atoms with Gasteiger partial charge in [0.25, 0.3) is 11.5 Å². The lowest BCUT2D eigenvalue weighted by Crippen LogP contribution is -2.31. The monoisotopic (exact) mass is 494 g/mol. The number of rotatable bonds is 7. The van der Waals surface area contributed by atoms with Gasteiger partial charge < -0.3 is 14.6 Å². The average Bonchev–Trinajstić information content (AvgIpc) is 3.43. The van der Waals surface area contributed by atoms with Gasteiger partial charge in [-0.15, -0.1) is 0 Å². The third-order valence-corrected chi connectivity index (χ3v) is 6.13. The molecule has 0 aliphatic carbocycles. The number of nitrogens with one attached hydrogen (secondary N) is 1. The summed E-state index contributed by atoms with van der Waals surface area (Å²) in [4.78, 5) is 30.9. The molecular formula is C27H22N6O4. The minimum atomic E-state index is -0.683. The van der Waals surface area contributed by atoms with Crippen LogP contribution in [0.25, 0.3) is 0 Å². The van der Waals surface area contributed by atoms with Crippen LogP contribution in [0.1, 0.15) is 57.3 Å². The van der Waals surface area contributed by atoms with Crippen molar-refractivity contribution in [1.82, 2.24) is 14.7 Å². The first-order valence-corrected chi connectivity index (χ1v) is 11.2. The third kappa shape index (κ3) is 4.68. The average molecular weight is 495 g/mol. The number of benzene rings is 2. The molecule has 1 unspecified atom stereocenters. The largest absolute Gasteiger partial charge is 0.489 e. The van der Waals surface area contributed by atoms with Crippen molar-refractivity contribution in [3.05, 3.63) is 105 Å². The van der Waals surface area contributed by atoms with Crippen molar-refractivity contribution in [2.75, 3.05) is 12.4 Å². The SMILES string of the molecule is COc1c(C(=O)Nc2cnoc2)nc(C(C)C(c2ccccc2C#N)c2ccccc2C#N)n(C)c1=O. The van der Waals surface area contributed by atoms with E-state index in [4.69, 9.17) is 9.26 Å². The summed E-state index contributed by atoms with van der Waals surface area (Å²) < 4.78 is 11.3. The third-order valence-electron chi connectivity index (χ3n) is 6.13. The number of aromatic nitrogens is 3. The Labute approximate surface area is 212 Å². The van der Waals surface area contributed by atoms with Crippen LogP contribution in [-0.2, 0) is 7.05 Å². The number of amides is 1. The zero-order chi connectivity index (χ0) is 26.5. The molecule has 4 rings (SSSR count). The number of methoxy groups -OCH3 is 1. The molecule has 184 valence electrons. The minimum absolute atomic E-state index is 0.213. The van der Waals surface area contributed by atoms with Gasteiger partial charge in [-0.2, -0.15) is 10.5 Å². The van der Waals surface area contributed by atoms with Crippen LogP contribution in [0.3, 0.4) is 0 Å². The van der Waals surface area contributed by atoms with Crippen LogP contribution in [0, 0.1) is 22.7 Å². The molecule has 0 aliphatic heterocycles. The van der Waals surface area contributed by atoms with E-state index >= 15 is 0 Å². The maximum Gasteiger partial charge on any atom is 0.296 e. The molecule has 37 heavy (non-hydrogen) atoms. The highest BCUT2D eigenvalue weighted by molar-refractivity contribution is 6.04. The Bertz CT molecular complexity index is 1540. The summed E-state index contributed by atoms with van der Waals surface area (Å²) in [6.45, 7) is 1.84. The van der Waals surface area contributed by atoms with Gasteiger partial charge in [-0.3, -0.25) is 14.2 Å². The fraction of sp³-hybridized carbons (Fsp3) is 0.185. The second-order valence-corrected chi connectivity index (χ2v) is 8.25. The lowest BCUT2D eigenvalue weighted by atomic mass is 9.77. The Kier molecular flexibility index (Phi) is 7.12. The van der Waals surface area contributed by atoms with Crippen molar-refractivity contribution in [1.29, 1.82) is 10.5 Å². The van der Waals surface area contributed by atoms with Crippen molar-refractivity contribution in [3.63, 3.8) is 0 Å². The van der Waals surface area contributed by atoms with Gasteiger partial charge in [0, 0.05) is 18.9 Å². The van der Waals surface area contributed by atoms with Gasteiger partial charge in [0.2, 0.25) is 5.75 Å². The first-order chi connectivity index (χ1) is 17.9. The molecular weight excluding hydrogens is 472 g/mol. The number of ether oxygens (including phenoxy) is 1. The first kappa shape index (κ1) is 24.9. The predicted octanol–water partition coefficient (Wildman–Crippen LogP) is 3.71. The van der Waals surface area contributed by atoms with E-state index in [0.29, 0.717) is 22.3 Å². The van der Waals surface area contributed by atoms with E-state index in [0.717, 1.165) is 0 Å². The van der Waals surface area contributed by atoms with Gasteiger partial charge in [0.1, 0.15) is 17.8 Å². The Morgan fingerprint density at radius 2 is 1.68 bits per heavy atom. The van der Waals surface area contributed by atoms with Gasteiger partial charge in [-0.1, -0.05) is 48.5 Å². The molecule has 10 heteroatoms. The summed E-state index contributed by atoms with van der Waals surface area (Å²) in [6.07, 6.45) is 2.55. The van der Waals surface area contributed by atoms with Gasteiger partial charge in [-0.05, 0) is 23.3 Å². The zero-order valence-electron chi connectivity index (χ0n) is 20.3. The molecule has 0 saturated heterocycles. The van der Waals surface area contributed by atoms with Gasteiger partial charge in [0.05, 0.1) is 36.6 Å². The van der Waals surface area contributed by atoms with E-state index in [9.17, 15) is 20.1 Å². The van der Waals surface area contributed by atoms with Crippen molar-refractivity contribution >= 4 is 11.6 Å². The fourth-order valence-electron chi connectivity index (χ4n) is 4.40. The molecule has 4 aromatic rings. The van der Waals surface area contributed by atoms with Crippen molar-refractivity contribution in [3.8, 4) is 17.9 Å². The van der Waals surface area contributed by atoms with Gasteiger partial charge in [-0.25, -0.2) is 4.98 Å². The minimum Gasteiger partial charge on any atom is -0.489 e. The van der Waals surface area contributed by atoms with E-state index in [1.807, 2.05) is 31.2 Å². The molecule has 0 aliphatic rings. The van der Waals surface area contributed by atoms with Crippen LogP contribution in [0.5, 0.6) is 5.75 Å². The molecule has 2 aromatic heterocycles. The molecule has 10 nitrogen and oxygen atoms in total. The standard InChI is InChI=1S/C27H22N6O4/c1-16(22(20-10-6-4-8-17(20)12-28)21-11-7-5-9-18(21)13-29)25-32-23(24(36-3)27(35)33(25)2)26(34)31-19-14-30-37-15-19/h4-11,14-16,22H,1-3H3,(H,31,34). The van der Waals surface area contributed by atoms with E-state index < -0.39 is 23.3 Å². The van der Waals surface area contributed by atoms with Gasteiger partial charge in [0.15, 0.2) is 5.69 Å². The van der Waals surface area contributed by atoms with Crippen LogP contribution in [0.4, 0.5) is 5.69 Å². The molecule has 2 heterocycles. The van der Waals surface area contributed by atoms with E-state index in [-0.39, 0.29) is 23.0 Å². The van der Waals surface area contributed by atoms with Crippen LogP contribution in [0.2, 0.25) is 0 Å². The highest BCUT2D eigenvalue weighted by atomic mass is 16.5. The summed E-state index contributed by atoms with van der Waals surface area (Å²) in [7, 11) is 2.82. The maximum absolute atomic E-state index is 13.3. The molecule has 0 saturated carbocycles. The number of nitriles is 2. The van der Waals surface area contributed by atoms with Crippen LogP contribution in [-0.4, -0.2) is 27.7 Å². The normalized spacial score (nSPS) is 11.4. The molecule has 1 atom stereocenters. The lowest BCUT2D eigenvalue weighted by Gasteiger charge is -2.28. The molecule has 0 spiro atoms. The summed E-state index contributed by atoms with van der Waals surface area (Å²) in [5.74, 6) is -1.72. The lowest BCUT2D eigenvalue weighted by molar-refractivity contribution is 0.101. The molecule has 0 bridgehead atoms. The molecule has 2 aromatic carbocycles. The van der Waals surface area contributed by atoms with Crippen molar-refractivity contribution < 1.29 is 14.1 Å². The highest BCUT2D eigenvalue weighted by Gasteiger charge is 2.32. The van der Waals surface area contributed by atoms with E-state index in [2.05, 4.69) is 27.6 Å². The van der Waals surface area contributed by atoms with Gasteiger partial charge >= 0.3 is 0 Å².